The second-order valence-electron chi connectivity index (χ2n) is 5.61. The van der Waals surface area contributed by atoms with Gasteiger partial charge in [-0.1, -0.05) is 0 Å². The zero-order valence-corrected chi connectivity index (χ0v) is 15.2. The molecule has 142 valence electrons. The predicted octanol–water partition coefficient (Wildman–Crippen LogP) is 1.03. The van der Waals surface area contributed by atoms with Crippen LogP contribution in [-0.4, -0.2) is 49.3 Å². The number of benzene rings is 1. The number of fused-ring (bicyclic) bond motifs is 1. The Morgan fingerprint density at radius 3 is 2.54 bits per heavy atom. The summed E-state index contributed by atoms with van der Waals surface area (Å²) in [6.07, 6.45) is -1.43. The standard InChI is InChI=1S/C16H19NO8S/c1-4-24-16(21)14-8(2)11-7-10(5-6-12(11)25-14)26(22,23)17-13(9(3)18)15(19)20/h5-7,9,13,17-18H,4H2,1-3H3,(H,19,20)/t9-,13+/m1/s1. The summed E-state index contributed by atoms with van der Waals surface area (Å²) in [7, 11) is -4.23. The third kappa shape index (κ3) is 3.87. The number of rotatable bonds is 7. The topological polar surface area (TPSA) is 143 Å². The predicted molar refractivity (Wildman–Crippen MR) is 90.3 cm³/mol. The molecule has 0 fully saturated rings. The Morgan fingerprint density at radius 2 is 2.00 bits per heavy atom. The van der Waals surface area contributed by atoms with E-state index in [9.17, 15) is 23.1 Å². The third-order valence-electron chi connectivity index (χ3n) is 3.71. The van der Waals surface area contributed by atoms with Crippen molar-refractivity contribution in [1.82, 2.24) is 4.72 Å². The number of aliphatic hydroxyl groups excluding tert-OH is 1. The van der Waals surface area contributed by atoms with Gasteiger partial charge in [-0.2, -0.15) is 4.72 Å². The Hall–Kier alpha value is -2.43. The van der Waals surface area contributed by atoms with Crippen LogP contribution in [0.4, 0.5) is 0 Å². The summed E-state index contributed by atoms with van der Waals surface area (Å²) >= 11 is 0. The summed E-state index contributed by atoms with van der Waals surface area (Å²) in [5.74, 6) is -2.20. The van der Waals surface area contributed by atoms with Gasteiger partial charge in [0, 0.05) is 10.9 Å². The molecule has 0 amide bonds. The number of carboxylic acids is 1. The number of aryl methyl sites for hydroxylation is 1. The summed E-state index contributed by atoms with van der Waals surface area (Å²) < 4.78 is 37.1. The Labute approximate surface area is 149 Å². The number of aliphatic carboxylic acids is 1. The van der Waals surface area contributed by atoms with Crippen LogP contribution in [0.15, 0.2) is 27.5 Å². The number of furan rings is 1. The van der Waals surface area contributed by atoms with E-state index in [0.29, 0.717) is 10.9 Å². The van der Waals surface area contributed by atoms with Crippen molar-refractivity contribution in [3.05, 3.63) is 29.5 Å². The summed E-state index contributed by atoms with van der Waals surface area (Å²) in [6, 6.07) is 2.14. The minimum atomic E-state index is -4.23. The Bertz CT molecular complexity index is 945. The average Bonchev–Trinajstić information content (AvgIpc) is 2.89. The van der Waals surface area contributed by atoms with Crippen LogP contribution in [0.3, 0.4) is 0 Å². The number of sulfonamides is 1. The number of carboxylic acid groups (broad SMARTS) is 1. The van der Waals surface area contributed by atoms with Gasteiger partial charge in [0.25, 0.3) is 0 Å². The zero-order chi connectivity index (χ0) is 19.6. The summed E-state index contributed by atoms with van der Waals surface area (Å²) in [6.45, 7) is 4.55. The van der Waals surface area contributed by atoms with Gasteiger partial charge < -0.3 is 19.4 Å². The molecule has 1 heterocycles. The molecule has 0 saturated carbocycles. The fourth-order valence-electron chi connectivity index (χ4n) is 2.35. The molecule has 0 spiro atoms. The van der Waals surface area contributed by atoms with Crippen LogP contribution in [-0.2, 0) is 19.6 Å². The summed E-state index contributed by atoms with van der Waals surface area (Å²) in [5, 5.41) is 18.9. The average molecular weight is 385 g/mol. The smallest absolute Gasteiger partial charge is 0.374 e. The van der Waals surface area contributed by atoms with Crippen LogP contribution in [0.2, 0.25) is 0 Å². The van der Waals surface area contributed by atoms with Gasteiger partial charge in [0.2, 0.25) is 15.8 Å². The molecule has 0 radical (unpaired) electrons. The van der Waals surface area contributed by atoms with Gasteiger partial charge in [0.15, 0.2) is 0 Å². The van der Waals surface area contributed by atoms with Gasteiger partial charge in [-0.15, -0.1) is 0 Å². The molecule has 1 aromatic heterocycles. The lowest BCUT2D eigenvalue weighted by molar-refractivity contribution is -0.141. The molecule has 2 rings (SSSR count). The fourth-order valence-corrected chi connectivity index (χ4v) is 3.64. The van der Waals surface area contributed by atoms with Crippen LogP contribution in [0.5, 0.6) is 0 Å². The van der Waals surface area contributed by atoms with E-state index in [1.807, 2.05) is 4.72 Å². The zero-order valence-electron chi connectivity index (χ0n) is 14.3. The number of hydrogen-bond acceptors (Lipinski definition) is 7. The molecule has 0 aliphatic carbocycles. The number of carbonyl (C=O) groups is 2. The first kappa shape index (κ1) is 19.9. The van der Waals surface area contributed by atoms with Gasteiger partial charge in [0.1, 0.15) is 11.6 Å². The molecule has 0 aliphatic rings. The second-order valence-corrected chi connectivity index (χ2v) is 7.33. The summed E-state index contributed by atoms with van der Waals surface area (Å²) in [5.41, 5.74) is 0.690. The Balaban J connectivity index is 2.46. The highest BCUT2D eigenvalue weighted by molar-refractivity contribution is 7.89. The second kappa shape index (κ2) is 7.44. The van der Waals surface area contributed by atoms with Gasteiger partial charge >= 0.3 is 11.9 Å². The van der Waals surface area contributed by atoms with E-state index >= 15 is 0 Å². The van der Waals surface area contributed by atoms with E-state index in [1.54, 1.807) is 13.8 Å². The molecule has 9 nitrogen and oxygen atoms in total. The number of hydrogen-bond donors (Lipinski definition) is 3. The monoisotopic (exact) mass is 385 g/mol. The van der Waals surface area contributed by atoms with Crippen molar-refractivity contribution >= 4 is 32.9 Å². The maximum Gasteiger partial charge on any atom is 0.374 e. The molecule has 0 unspecified atom stereocenters. The molecular formula is C16H19NO8S. The SMILES string of the molecule is CCOC(=O)c1oc2ccc(S(=O)(=O)N[C@H](C(=O)O)[C@@H](C)O)cc2c1C. The van der Waals surface area contributed by atoms with E-state index in [4.69, 9.17) is 14.3 Å². The Kier molecular flexibility index (Phi) is 5.69. The van der Waals surface area contributed by atoms with Crippen LogP contribution < -0.4 is 4.72 Å². The van der Waals surface area contributed by atoms with Crippen molar-refractivity contribution in [2.45, 2.75) is 37.8 Å². The van der Waals surface area contributed by atoms with E-state index < -0.39 is 34.1 Å². The highest BCUT2D eigenvalue weighted by Crippen LogP contribution is 2.28. The highest BCUT2D eigenvalue weighted by Gasteiger charge is 2.30. The number of carbonyl (C=O) groups excluding carboxylic acids is 1. The maximum absolute atomic E-state index is 12.4. The third-order valence-corrected chi connectivity index (χ3v) is 5.15. The van der Waals surface area contributed by atoms with Crippen LogP contribution in [0.1, 0.15) is 30.0 Å². The quantitative estimate of drug-likeness (QED) is 0.600. The number of aliphatic hydroxyl groups is 1. The minimum absolute atomic E-state index is 0.0308. The van der Waals surface area contributed by atoms with E-state index in [2.05, 4.69) is 0 Å². The van der Waals surface area contributed by atoms with Crippen molar-refractivity contribution in [2.75, 3.05) is 6.61 Å². The molecule has 3 N–H and O–H groups in total. The van der Waals surface area contributed by atoms with Crippen molar-refractivity contribution < 1.29 is 37.4 Å². The minimum Gasteiger partial charge on any atom is -0.480 e. The normalized spacial score (nSPS) is 14.2. The number of ether oxygens (including phenoxy) is 1. The lowest BCUT2D eigenvalue weighted by Gasteiger charge is -2.17. The van der Waals surface area contributed by atoms with Gasteiger partial charge in [0.05, 0.1) is 17.6 Å². The first-order valence-corrected chi connectivity index (χ1v) is 9.20. The maximum atomic E-state index is 12.4. The van der Waals surface area contributed by atoms with Crippen LogP contribution in [0, 0.1) is 6.92 Å². The molecule has 26 heavy (non-hydrogen) atoms. The molecule has 0 bridgehead atoms. The number of esters is 1. The van der Waals surface area contributed by atoms with Gasteiger partial charge in [-0.05, 0) is 39.0 Å². The van der Waals surface area contributed by atoms with Crippen LogP contribution in [0.25, 0.3) is 11.0 Å². The highest BCUT2D eigenvalue weighted by atomic mass is 32.2. The molecule has 1 aromatic carbocycles. The fraction of sp³-hybridized carbons (Fsp3) is 0.375. The molecule has 0 aliphatic heterocycles. The summed E-state index contributed by atoms with van der Waals surface area (Å²) in [4.78, 5) is 22.8. The lowest BCUT2D eigenvalue weighted by Crippen LogP contribution is -2.47. The molecule has 2 atom stereocenters. The molecular weight excluding hydrogens is 366 g/mol. The van der Waals surface area contributed by atoms with Crippen molar-refractivity contribution in [3.8, 4) is 0 Å². The first-order chi connectivity index (χ1) is 12.1. The largest absolute Gasteiger partial charge is 0.480 e. The van der Waals surface area contributed by atoms with Gasteiger partial charge in [-0.3, -0.25) is 4.79 Å². The van der Waals surface area contributed by atoms with Gasteiger partial charge in [-0.25, -0.2) is 13.2 Å². The van der Waals surface area contributed by atoms with E-state index in [1.165, 1.54) is 18.2 Å². The van der Waals surface area contributed by atoms with E-state index in [-0.39, 0.29) is 22.8 Å². The Morgan fingerprint density at radius 1 is 1.35 bits per heavy atom. The van der Waals surface area contributed by atoms with E-state index in [0.717, 1.165) is 6.92 Å². The van der Waals surface area contributed by atoms with Crippen molar-refractivity contribution in [3.63, 3.8) is 0 Å². The number of nitrogens with one attached hydrogen (secondary N) is 1. The van der Waals surface area contributed by atoms with Crippen molar-refractivity contribution in [2.24, 2.45) is 0 Å². The molecule has 0 saturated heterocycles. The lowest BCUT2D eigenvalue weighted by atomic mass is 10.1. The van der Waals surface area contributed by atoms with Crippen LogP contribution >= 0.6 is 0 Å². The van der Waals surface area contributed by atoms with Crippen molar-refractivity contribution in [1.29, 1.82) is 0 Å². The molecule has 2 aromatic rings. The first-order valence-electron chi connectivity index (χ1n) is 7.72. The molecule has 10 heteroatoms.